The van der Waals surface area contributed by atoms with Gasteiger partial charge in [-0.2, -0.15) is 14.1 Å². The van der Waals surface area contributed by atoms with Crippen molar-refractivity contribution < 1.29 is 14.4 Å². The van der Waals surface area contributed by atoms with Crippen molar-refractivity contribution in [3.05, 3.63) is 0 Å². The number of carbonyl (C=O) groups excluding carboxylic acids is 2. The van der Waals surface area contributed by atoms with Gasteiger partial charge in [-0.05, 0) is 12.5 Å². The summed E-state index contributed by atoms with van der Waals surface area (Å²) in [5.74, 6) is -0.169. The molecule has 0 spiro atoms. The lowest BCUT2D eigenvalue weighted by Crippen LogP contribution is -2.30. The lowest BCUT2D eigenvalue weighted by Gasteiger charge is -2.25. The molecule has 0 atom stereocenters. The van der Waals surface area contributed by atoms with Crippen LogP contribution in [0.1, 0.15) is 12.8 Å². The van der Waals surface area contributed by atoms with Crippen molar-refractivity contribution in [2.75, 3.05) is 18.5 Å². The Kier molecular flexibility index (Phi) is 3.26. The molecular weight excluding hydrogens is 210 g/mol. The van der Waals surface area contributed by atoms with E-state index in [1.54, 1.807) is 0 Å². The third-order valence-electron chi connectivity index (χ3n) is 1.48. The summed E-state index contributed by atoms with van der Waals surface area (Å²) in [6.07, 6.45) is 4.39. The molecule has 1 fully saturated rings. The highest BCUT2D eigenvalue weighted by molar-refractivity contribution is 8.87. The summed E-state index contributed by atoms with van der Waals surface area (Å²) in [7, 11) is -1.13. The Bertz CT molecular complexity index is 220. The first-order valence-electron chi connectivity index (χ1n) is 3.82. The molecule has 0 aromatic carbocycles. The number of hydrogen-bond donors (Lipinski definition) is 1. The molecule has 0 aromatic heterocycles. The van der Waals surface area contributed by atoms with Crippen molar-refractivity contribution in [1.29, 1.82) is 0 Å². The minimum Gasteiger partial charge on any atom is -0.272 e. The van der Waals surface area contributed by atoms with Crippen LogP contribution in [0, 0.1) is 0 Å². The van der Waals surface area contributed by atoms with Crippen LogP contribution in [0.25, 0.3) is 0 Å². The zero-order chi connectivity index (χ0) is 10.1. The molecule has 4 nitrogen and oxygen atoms in total. The van der Waals surface area contributed by atoms with E-state index in [0.717, 1.165) is 5.06 Å². The Morgan fingerprint density at radius 3 is 2.23 bits per heavy atom. The number of carbonyl (C=O) groups is 2. The van der Waals surface area contributed by atoms with Gasteiger partial charge in [-0.3, -0.25) is 14.4 Å². The van der Waals surface area contributed by atoms with E-state index < -0.39 is 9.06 Å². The molecule has 1 saturated heterocycles. The second-order valence-electron chi connectivity index (χ2n) is 3.31. The quantitative estimate of drug-likeness (QED) is 0.440. The van der Waals surface area contributed by atoms with E-state index in [2.05, 4.69) is 11.7 Å². The molecule has 0 aromatic rings. The van der Waals surface area contributed by atoms with Crippen molar-refractivity contribution in [3.63, 3.8) is 0 Å². The highest BCUT2D eigenvalue weighted by Crippen LogP contribution is 2.44. The van der Waals surface area contributed by atoms with Gasteiger partial charge in [0, 0.05) is 12.8 Å². The van der Waals surface area contributed by atoms with Crippen LogP contribution < -0.4 is 0 Å². The summed E-state index contributed by atoms with van der Waals surface area (Å²) in [6, 6.07) is 0. The molecule has 1 aliphatic rings. The van der Waals surface area contributed by atoms with Crippen LogP contribution in [-0.4, -0.2) is 35.3 Å². The maximum atomic E-state index is 11.1. The van der Waals surface area contributed by atoms with Crippen molar-refractivity contribution in [2.45, 2.75) is 12.8 Å². The molecule has 0 saturated carbocycles. The van der Waals surface area contributed by atoms with E-state index in [-0.39, 0.29) is 24.7 Å². The van der Waals surface area contributed by atoms with Crippen LogP contribution in [0.2, 0.25) is 0 Å². The van der Waals surface area contributed by atoms with Crippen LogP contribution in [-0.2, 0) is 14.4 Å². The molecule has 1 aliphatic heterocycles. The number of thiol groups is 1. The van der Waals surface area contributed by atoms with E-state index in [0.29, 0.717) is 5.94 Å². The van der Waals surface area contributed by atoms with Crippen LogP contribution >= 0.6 is 20.7 Å². The van der Waals surface area contributed by atoms with Gasteiger partial charge < -0.3 is 0 Å². The van der Waals surface area contributed by atoms with Gasteiger partial charge in [0.15, 0.2) is 0 Å². The third kappa shape index (κ3) is 3.21. The predicted octanol–water partition coefficient (Wildman–Crippen LogP) is 0.933. The minimum absolute atomic E-state index is 0.248. The average Bonchev–Trinajstić information content (AvgIpc) is 2.27. The molecule has 0 N–H and O–H groups in total. The standard InChI is InChI=1S/C7H13NO3S2/c1-13(2,12)5-11-8-6(9)3-4-7(8)10/h12H,3-5H2,1-2H3. The molecule has 13 heavy (non-hydrogen) atoms. The molecule has 2 amide bonds. The number of rotatable bonds is 3. The number of amides is 2. The van der Waals surface area contributed by atoms with E-state index in [1.807, 2.05) is 12.5 Å². The normalized spacial score (nSPS) is 19.8. The summed E-state index contributed by atoms with van der Waals surface area (Å²) in [4.78, 5) is 27.2. The first-order chi connectivity index (χ1) is 5.90. The molecule has 76 valence electrons. The fourth-order valence-corrected chi connectivity index (χ4v) is 1.39. The molecule has 1 heterocycles. The Labute approximate surface area is 83.7 Å². The summed E-state index contributed by atoms with van der Waals surface area (Å²) in [5, 5.41) is 0.866. The number of imide groups is 1. The summed E-state index contributed by atoms with van der Waals surface area (Å²) in [5.41, 5.74) is 0. The van der Waals surface area contributed by atoms with Crippen molar-refractivity contribution >= 4 is 32.5 Å². The first-order valence-corrected chi connectivity index (χ1v) is 7.49. The highest BCUT2D eigenvalue weighted by Gasteiger charge is 2.30. The summed E-state index contributed by atoms with van der Waals surface area (Å²) in [6.45, 7) is 0. The number of hydroxylamine groups is 2. The maximum absolute atomic E-state index is 11.1. The smallest absolute Gasteiger partial charge is 0.254 e. The molecular formula is C7H13NO3S2. The van der Waals surface area contributed by atoms with Crippen LogP contribution in [0.15, 0.2) is 0 Å². The molecule has 1 rings (SSSR count). The Hall–Kier alpha value is -0.200. The summed E-state index contributed by atoms with van der Waals surface area (Å²) >= 11 is 4.30. The number of nitrogens with zero attached hydrogens (tertiary/aromatic N) is 1. The van der Waals surface area contributed by atoms with Gasteiger partial charge in [0.25, 0.3) is 11.8 Å². The Balaban J connectivity index is 2.45. The van der Waals surface area contributed by atoms with E-state index >= 15 is 0 Å². The van der Waals surface area contributed by atoms with Crippen LogP contribution in [0.5, 0.6) is 0 Å². The maximum Gasteiger partial charge on any atom is 0.254 e. The van der Waals surface area contributed by atoms with Crippen LogP contribution in [0.4, 0.5) is 0 Å². The third-order valence-corrected chi connectivity index (χ3v) is 2.47. The Morgan fingerprint density at radius 1 is 1.38 bits per heavy atom. The second kappa shape index (κ2) is 3.89. The average molecular weight is 223 g/mol. The van der Waals surface area contributed by atoms with Crippen LogP contribution in [0.3, 0.4) is 0 Å². The topological polar surface area (TPSA) is 46.6 Å². The monoisotopic (exact) mass is 223 g/mol. The van der Waals surface area contributed by atoms with Gasteiger partial charge in [-0.1, -0.05) is 0 Å². The van der Waals surface area contributed by atoms with Gasteiger partial charge in [-0.15, -0.1) is 11.7 Å². The molecule has 0 aliphatic carbocycles. The molecule has 0 unspecified atom stereocenters. The minimum atomic E-state index is -1.13. The lowest BCUT2D eigenvalue weighted by molar-refractivity contribution is -0.181. The van der Waals surface area contributed by atoms with E-state index in [9.17, 15) is 9.59 Å². The zero-order valence-corrected chi connectivity index (χ0v) is 9.36. The number of hydrogen-bond acceptors (Lipinski definition) is 4. The van der Waals surface area contributed by atoms with Gasteiger partial charge in [-0.25, -0.2) is 0 Å². The fourth-order valence-electron chi connectivity index (χ4n) is 0.882. The fraction of sp³-hybridized carbons (Fsp3) is 0.714. The van der Waals surface area contributed by atoms with Gasteiger partial charge in [0.2, 0.25) is 0 Å². The molecule has 0 radical (unpaired) electrons. The zero-order valence-electron chi connectivity index (χ0n) is 7.65. The molecule has 0 bridgehead atoms. The largest absolute Gasteiger partial charge is 0.272 e. The van der Waals surface area contributed by atoms with Gasteiger partial charge in [0.05, 0.1) is 0 Å². The second-order valence-corrected chi connectivity index (χ2v) is 9.47. The summed E-state index contributed by atoms with van der Waals surface area (Å²) < 4.78 is 0. The van der Waals surface area contributed by atoms with Gasteiger partial charge >= 0.3 is 0 Å². The first kappa shape index (κ1) is 10.9. The predicted molar refractivity (Wildman–Crippen MR) is 55.5 cm³/mol. The van der Waals surface area contributed by atoms with E-state index in [4.69, 9.17) is 4.84 Å². The van der Waals surface area contributed by atoms with E-state index in [1.165, 1.54) is 0 Å². The van der Waals surface area contributed by atoms with Crippen molar-refractivity contribution in [2.24, 2.45) is 0 Å². The Morgan fingerprint density at radius 2 is 1.85 bits per heavy atom. The lowest BCUT2D eigenvalue weighted by atomic mass is 10.4. The highest BCUT2D eigenvalue weighted by atomic mass is 33.1. The van der Waals surface area contributed by atoms with Crippen molar-refractivity contribution in [3.8, 4) is 0 Å². The molecule has 6 heteroatoms. The SMILES string of the molecule is CS(C)(S)CON1C(=O)CCC1=O. The van der Waals surface area contributed by atoms with Gasteiger partial charge in [0.1, 0.15) is 5.94 Å². The van der Waals surface area contributed by atoms with Crippen molar-refractivity contribution in [1.82, 2.24) is 5.06 Å².